The van der Waals surface area contributed by atoms with E-state index in [-0.39, 0.29) is 49.4 Å². The van der Waals surface area contributed by atoms with Gasteiger partial charge in [-0.05, 0) is 6.07 Å². The van der Waals surface area contributed by atoms with Crippen LogP contribution in [0.5, 0.6) is 11.5 Å². The molecule has 2 aliphatic rings. The molecule has 0 aliphatic carbocycles. The summed E-state index contributed by atoms with van der Waals surface area (Å²) < 4.78 is 39.2. The highest BCUT2D eigenvalue weighted by atomic mass is 35.5. The van der Waals surface area contributed by atoms with Gasteiger partial charge < -0.3 is 19.9 Å². The van der Waals surface area contributed by atoms with Gasteiger partial charge in [0.25, 0.3) is 11.6 Å². The third-order valence-electron chi connectivity index (χ3n) is 4.14. The van der Waals surface area contributed by atoms with E-state index in [4.69, 9.17) is 14.6 Å². The van der Waals surface area contributed by atoms with Gasteiger partial charge in [0.2, 0.25) is 6.79 Å². The fourth-order valence-electron chi connectivity index (χ4n) is 3.04. The molecule has 3 rings (SSSR count). The maximum Gasteiger partial charge on any atom is 0.290 e. The standard InChI is InChI=1S/C14H17F2N3O5.ClH/c15-14(16,7-20)13(18-3-1-17-2-4-18)9-5-11-12(24-8-23-11)6-10(9)19(21)22;/h5-6,13,17,20H,1-4,7-8H2;1H/t13-;/m1./s1. The molecule has 0 unspecified atom stereocenters. The van der Waals surface area contributed by atoms with Crippen LogP contribution in [0.1, 0.15) is 11.6 Å². The Kier molecular flexibility index (Phi) is 5.99. The molecule has 0 radical (unpaired) electrons. The third-order valence-corrected chi connectivity index (χ3v) is 4.14. The average Bonchev–Trinajstić information content (AvgIpc) is 3.02. The summed E-state index contributed by atoms with van der Waals surface area (Å²) in [5.74, 6) is -3.21. The van der Waals surface area contributed by atoms with E-state index in [2.05, 4.69) is 5.32 Å². The van der Waals surface area contributed by atoms with E-state index in [1.165, 1.54) is 11.0 Å². The monoisotopic (exact) mass is 381 g/mol. The summed E-state index contributed by atoms with van der Waals surface area (Å²) in [6.07, 6.45) is 0. The molecule has 1 aromatic rings. The summed E-state index contributed by atoms with van der Waals surface area (Å²) in [7, 11) is 0. The lowest BCUT2D eigenvalue weighted by Crippen LogP contribution is -2.51. The van der Waals surface area contributed by atoms with E-state index in [1.54, 1.807) is 0 Å². The first-order valence-corrected chi connectivity index (χ1v) is 7.45. The second-order valence-electron chi connectivity index (χ2n) is 5.63. The second kappa shape index (κ2) is 7.65. The number of ether oxygens (including phenoxy) is 2. The number of hydrogen-bond acceptors (Lipinski definition) is 7. The fourth-order valence-corrected chi connectivity index (χ4v) is 3.04. The SMILES string of the molecule is Cl.O=[N+]([O-])c1cc2c(cc1[C@@H](N1CCNCC1)C(F)(F)CO)OCO2. The Hall–Kier alpha value is -1.75. The number of fused-ring (bicyclic) bond motifs is 1. The number of benzene rings is 1. The van der Waals surface area contributed by atoms with Crippen LogP contribution in [0.15, 0.2) is 12.1 Å². The highest BCUT2D eigenvalue weighted by Crippen LogP contribution is 2.46. The smallest absolute Gasteiger partial charge is 0.290 e. The molecule has 0 aromatic heterocycles. The van der Waals surface area contributed by atoms with Gasteiger partial charge >= 0.3 is 0 Å². The van der Waals surface area contributed by atoms with Crippen molar-refractivity contribution in [2.75, 3.05) is 39.6 Å². The van der Waals surface area contributed by atoms with Crippen LogP contribution in [0.2, 0.25) is 0 Å². The lowest BCUT2D eigenvalue weighted by atomic mass is 9.96. The van der Waals surface area contributed by atoms with Crippen LogP contribution in [0.4, 0.5) is 14.5 Å². The topological polar surface area (TPSA) is 97.1 Å². The van der Waals surface area contributed by atoms with Crippen molar-refractivity contribution in [2.45, 2.75) is 12.0 Å². The summed E-state index contributed by atoms with van der Waals surface area (Å²) in [6.45, 7) is 0.00223. The van der Waals surface area contributed by atoms with Crippen molar-refractivity contribution in [3.63, 3.8) is 0 Å². The lowest BCUT2D eigenvalue weighted by molar-refractivity contribution is -0.386. The van der Waals surface area contributed by atoms with E-state index >= 15 is 0 Å². The quantitative estimate of drug-likeness (QED) is 0.586. The number of aliphatic hydroxyl groups is 1. The van der Waals surface area contributed by atoms with E-state index in [9.17, 15) is 18.9 Å². The minimum atomic E-state index is -3.55. The van der Waals surface area contributed by atoms with Crippen molar-refractivity contribution in [1.29, 1.82) is 0 Å². The molecule has 25 heavy (non-hydrogen) atoms. The molecule has 0 saturated carbocycles. The number of halogens is 3. The molecule has 1 fully saturated rings. The molecule has 140 valence electrons. The van der Waals surface area contributed by atoms with Gasteiger partial charge in [0, 0.05) is 26.2 Å². The lowest BCUT2D eigenvalue weighted by Gasteiger charge is -2.38. The van der Waals surface area contributed by atoms with Crippen LogP contribution in [-0.2, 0) is 0 Å². The van der Waals surface area contributed by atoms with Gasteiger partial charge in [-0.2, -0.15) is 0 Å². The van der Waals surface area contributed by atoms with Gasteiger partial charge in [0.15, 0.2) is 11.5 Å². The number of aliphatic hydroxyl groups excluding tert-OH is 1. The third kappa shape index (κ3) is 3.76. The zero-order valence-electron chi connectivity index (χ0n) is 13.1. The molecule has 0 amide bonds. The van der Waals surface area contributed by atoms with Gasteiger partial charge in [0.05, 0.1) is 16.6 Å². The zero-order chi connectivity index (χ0) is 17.3. The van der Waals surface area contributed by atoms with E-state index < -0.39 is 29.2 Å². The molecule has 2 aliphatic heterocycles. The highest BCUT2D eigenvalue weighted by molar-refractivity contribution is 5.85. The molecule has 1 aromatic carbocycles. The van der Waals surface area contributed by atoms with Gasteiger partial charge in [-0.1, -0.05) is 0 Å². The van der Waals surface area contributed by atoms with Crippen LogP contribution in [0.25, 0.3) is 0 Å². The Balaban J connectivity index is 0.00000225. The number of nitrogens with zero attached hydrogens (tertiary/aromatic N) is 2. The van der Waals surface area contributed by atoms with Crippen molar-refractivity contribution in [2.24, 2.45) is 0 Å². The first-order valence-electron chi connectivity index (χ1n) is 7.45. The van der Waals surface area contributed by atoms with E-state index in [0.717, 1.165) is 6.07 Å². The summed E-state index contributed by atoms with van der Waals surface area (Å²) in [6, 6.07) is 0.691. The van der Waals surface area contributed by atoms with Crippen molar-refractivity contribution < 1.29 is 28.3 Å². The van der Waals surface area contributed by atoms with E-state index in [1.807, 2.05) is 0 Å². The largest absolute Gasteiger partial charge is 0.454 e. The molecule has 11 heteroatoms. The predicted octanol–water partition coefficient (Wildman–Crippen LogP) is 1.32. The summed E-state index contributed by atoms with van der Waals surface area (Å²) in [5.41, 5.74) is -0.666. The number of piperazine rings is 1. The van der Waals surface area contributed by atoms with Crippen LogP contribution in [0.3, 0.4) is 0 Å². The van der Waals surface area contributed by atoms with Crippen molar-refractivity contribution in [3.05, 3.63) is 27.8 Å². The van der Waals surface area contributed by atoms with E-state index in [0.29, 0.717) is 13.1 Å². The molecular weight excluding hydrogens is 364 g/mol. The minimum Gasteiger partial charge on any atom is -0.454 e. The fraction of sp³-hybridized carbons (Fsp3) is 0.571. The van der Waals surface area contributed by atoms with Crippen LogP contribution in [-0.4, -0.2) is 60.4 Å². The maximum absolute atomic E-state index is 14.5. The summed E-state index contributed by atoms with van der Waals surface area (Å²) in [5, 5.41) is 23.6. The Bertz CT molecular complexity index is 643. The van der Waals surface area contributed by atoms with Crippen molar-refractivity contribution >= 4 is 18.1 Å². The predicted molar refractivity (Wildman–Crippen MR) is 85.7 cm³/mol. The first-order chi connectivity index (χ1) is 11.4. The number of nitro benzene ring substituents is 1. The van der Waals surface area contributed by atoms with Crippen LogP contribution < -0.4 is 14.8 Å². The molecular formula is C14H18ClF2N3O5. The summed E-state index contributed by atoms with van der Waals surface area (Å²) in [4.78, 5) is 12.1. The number of hydrogen-bond donors (Lipinski definition) is 2. The maximum atomic E-state index is 14.5. The van der Waals surface area contributed by atoms with Gasteiger partial charge in [-0.3, -0.25) is 15.0 Å². The molecule has 2 heterocycles. The highest BCUT2D eigenvalue weighted by Gasteiger charge is 2.47. The molecule has 0 spiro atoms. The first kappa shape index (κ1) is 19.6. The number of nitrogens with one attached hydrogen (secondary N) is 1. The van der Waals surface area contributed by atoms with Crippen molar-refractivity contribution in [1.82, 2.24) is 10.2 Å². The number of alkyl halides is 2. The van der Waals surface area contributed by atoms with Gasteiger partial charge in [0.1, 0.15) is 12.6 Å². The van der Waals surface area contributed by atoms with Crippen molar-refractivity contribution in [3.8, 4) is 11.5 Å². The number of rotatable bonds is 5. The zero-order valence-corrected chi connectivity index (χ0v) is 13.9. The van der Waals surface area contributed by atoms with Gasteiger partial charge in [-0.25, -0.2) is 8.78 Å². The minimum absolute atomic E-state index is 0. The molecule has 0 bridgehead atoms. The Morgan fingerprint density at radius 2 is 1.92 bits per heavy atom. The molecule has 1 saturated heterocycles. The average molecular weight is 382 g/mol. The molecule has 2 N–H and O–H groups in total. The normalized spacial score (nSPS) is 18.5. The van der Waals surface area contributed by atoms with Gasteiger partial charge in [-0.15, -0.1) is 12.4 Å². The van der Waals surface area contributed by atoms with Crippen LogP contribution >= 0.6 is 12.4 Å². The second-order valence-corrected chi connectivity index (χ2v) is 5.63. The Labute approximate surface area is 148 Å². The Morgan fingerprint density at radius 1 is 1.32 bits per heavy atom. The Morgan fingerprint density at radius 3 is 2.48 bits per heavy atom. The number of nitro groups is 1. The molecule has 1 atom stereocenters. The summed E-state index contributed by atoms with van der Waals surface area (Å²) >= 11 is 0. The van der Waals surface area contributed by atoms with Crippen LogP contribution in [0, 0.1) is 10.1 Å². The molecule has 8 nitrogen and oxygen atoms in total.